The lowest BCUT2D eigenvalue weighted by atomic mass is 9.80. The van der Waals surface area contributed by atoms with Crippen LogP contribution < -0.4 is 14.2 Å². The van der Waals surface area contributed by atoms with Gasteiger partial charge < -0.3 is 14.2 Å². The van der Waals surface area contributed by atoms with E-state index in [0.717, 1.165) is 36.5 Å². The summed E-state index contributed by atoms with van der Waals surface area (Å²) in [7, 11) is 0. The first-order valence-corrected chi connectivity index (χ1v) is 14.2. The minimum atomic E-state index is 0.0225. The molecular weight excluding hydrogens is 480 g/mol. The summed E-state index contributed by atoms with van der Waals surface area (Å²) in [6, 6.07) is 35.5. The Labute approximate surface area is 232 Å². The second-order valence-electron chi connectivity index (χ2n) is 10.7. The Bertz CT molecular complexity index is 1390. The number of hydrogen-bond donors (Lipinski definition) is 0. The van der Waals surface area contributed by atoms with Crippen LogP contribution in [0.25, 0.3) is 0 Å². The Morgan fingerprint density at radius 3 is 2.05 bits per heavy atom. The van der Waals surface area contributed by atoms with Crippen LogP contribution in [0, 0.1) is 5.92 Å². The highest BCUT2D eigenvalue weighted by atomic mass is 16.5. The minimum absolute atomic E-state index is 0.0225. The molecular formula is C36H36O3. The fourth-order valence-electron chi connectivity index (χ4n) is 5.92. The fourth-order valence-corrected chi connectivity index (χ4v) is 5.92. The topological polar surface area (TPSA) is 27.7 Å². The highest BCUT2D eigenvalue weighted by Gasteiger charge is 2.43. The maximum absolute atomic E-state index is 6.75. The molecule has 2 aliphatic rings. The molecule has 0 radical (unpaired) electrons. The van der Waals surface area contributed by atoms with Gasteiger partial charge in [-0.1, -0.05) is 97.8 Å². The van der Waals surface area contributed by atoms with E-state index >= 15 is 0 Å². The molecule has 198 valence electrons. The van der Waals surface area contributed by atoms with Crippen molar-refractivity contribution in [2.45, 2.75) is 57.8 Å². The number of fused-ring (bicyclic) bond motifs is 3. The Morgan fingerprint density at radius 2 is 1.38 bits per heavy atom. The van der Waals surface area contributed by atoms with E-state index < -0.39 is 0 Å². The van der Waals surface area contributed by atoms with Gasteiger partial charge >= 0.3 is 0 Å². The smallest absolute Gasteiger partial charge is 0.127 e. The lowest BCUT2D eigenvalue weighted by Gasteiger charge is -2.36. The number of allylic oxidation sites excluding steroid dienone is 2. The second-order valence-corrected chi connectivity index (χ2v) is 10.7. The van der Waals surface area contributed by atoms with E-state index in [1.54, 1.807) is 5.57 Å². The van der Waals surface area contributed by atoms with Crippen molar-refractivity contribution in [3.8, 4) is 17.2 Å². The molecule has 1 aliphatic carbocycles. The van der Waals surface area contributed by atoms with Crippen molar-refractivity contribution in [2.75, 3.05) is 0 Å². The van der Waals surface area contributed by atoms with Crippen molar-refractivity contribution in [3.63, 3.8) is 0 Å². The Hall–Kier alpha value is -3.98. The summed E-state index contributed by atoms with van der Waals surface area (Å²) in [5, 5.41) is 0. The Morgan fingerprint density at radius 1 is 0.744 bits per heavy atom. The third kappa shape index (κ3) is 5.88. The van der Waals surface area contributed by atoms with Crippen LogP contribution in [0.15, 0.2) is 115 Å². The molecule has 4 aromatic carbocycles. The molecule has 0 amide bonds. The molecule has 0 spiro atoms. The largest absolute Gasteiger partial charge is 0.489 e. The molecule has 39 heavy (non-hydrogen) atoms. The molecule has 3 atom stereocenters. The quantitative estimate of drug-likeness (QED) is 0.208. The average Bonchev–Trinajstić information content (AvgIpc) is 3.43. The van der Waals surface area contributed by atoms with E-state index in [0.29, 0.717) is 25.0 Å². The molecule has 1 fully saturated rings. The van der Waals surface area contributed by atoms with Crippen molar-refractivity contribution < 1.29 is 14.2 Å². The van der Waals surface area contributed by atoms with Crippen LogP contribution in [0.4, 0.5) is 0 Å². The number of unbranched alkanes of at least 4 members (excludes halogenated alkanes) is 1. The fraction of sp³-hybridized carbons (Fsp3) is 0.278. The van der Waals surface area contributed by atoms with Crippen molar-refractivity contribution in [3.05, 3.63) is 137 Å². The van der Waals surface area contributed by atoms with Crippen LogP contribution in [0.5, 0.6) is 17.2 Å². The highest BCUT2D eigenvalue weighted by Crippen LogP contribution is 2.56. The third-order valence-electron chi connectivity index (χ3n) is 7.95. The maximum atomic E-state index is 6.75. The zero-order chi connectivity index (χ0) is 26.4. The van der Waals surface area contributed by atoms with Gasteiger partial charge in [0.25, 0.3) is 0 Å². The predicted molar refractivity (Wildman–Crippen MR) is 156 cm³/mol. The van der Waals surface area contributed by atoms with E-state index in [4.69, 9.17) is 14.2 Å². The van der Waals surface area contributed by atoms with Gasteiger partial charge in [0.2, 0.25) is 0 Å². The number of ether oxygens (including phenoxy) is 3. The number of benzene rings is 4. The van der Waals surface area contributed by atoms with Gasteiger partial charge in [0.05, 0.1) is 0 Å². The van der Waals surface area contributed by atoms with Gasteiger partial charge in [-0.3, -0.25) is 0 Å². The van der Waals surface area contributed by atoms with Crippen LogP contribution in [-0.2, 0) is 13.2 Å². The van der Waals surface area contributed by atoms with Gasteiger partial charge in [-0.05, 0) is 72.2 Å². The molecule has 0 aromatic heterocycles. The lowest BCUT2D eigenvalue weighted by molar-refractivity contribution is 0.104. The molecule has 0 unspecified atom stereocenters. The minimum Gasteiger partial charge on any atom is -0.489 e. The predicted octanol–water partition coefficient (Wildman–Crippen LogP) is 9.20. The van der Waals surface area contributed by atoms with E-state index in [9.17, 15) is 0 Å². The maximum Gasteiger partial charge on any atom is 0.127 e. The van der Waals surface area contributed by atoms with Crippen molar-refractivity contribution >= 4 is 0 Å². The highest BCUT2D eigenvalue weighted by molar-refractivity contribution is 5.48. The summed E-state index contributed by atoms with van der Waals surface area (Å²) >= 11 is 0. The SMILES string of the molecule is CCC/C=C1\C[C@H]2[C@@H](C1)c1cc(OCc3ccccc3)ccc1O[C@H]2c1ccc(OCc2ccccc2)cc1. The van der Waals surface area contributed by atoms with Gasteiger partial charge in [-0.2, -0.15) is 0 Å². The Balaban J connectivity index is 1.22. The van der Waals surface area contributed by atoms with E-state index in [1.807, 2.05) is 30.3 Å². The molecule has 3 nitrogen and oxygen atoms in total. The van der Waals surface area contributed by atoms with Crippen molar-refractivity contribution in [1.29, 1.82) is 0 Å². The van der Waals surface area contributed by atoms with E-state index in [2.05, 4.69) is 85.8 Å². The average molecular weight is 517 g/mol. The standard InChI is InChI=1S/C36H36O3/c1-2-3-10-28-21-32-33-23-31(38-25-27-13-8-5-9-14-27)19-20-35(33)39-36(34(32)22-28)29-15-17-30(18-16-29)37-24-26-11-6-4-7-12-26/h4-20,23,32,34,36H,2-3,21-22,24-25H2,1H3/b28-10-/t32-,34-,36-/m0/s1. The van der Waals surface area contributed by atoms with Crippen LogP contribution in [-0.4, -0.2) is 0 Å². The summed E-state index contributed by atoms with van der Waals surface area (Å²) < 4.78 is 19.0. The molecule has 0 N–H and O–H groups in total. The van der Waals surface area contributed by atoms with Gasteiger partial charge in [0, 0.05) is 11.5 Å². The summed E-state index contributed by atoms with van der Waals surface area (Å²) in [5.41, 5.74) is 6.40. The number of rotatable bonds is 9. The van der Waals surface area contributed by atoms with Crippen LogP contribution in [0.3, 0.4) is 0 Å². The number of hydrogen-bond acceptors (Lipinski definition) is 3. The summed E-state index contributed by atoms with van der Waals surface area (Å²) in [5.74, 6) is 3.60. The monoisotopic (exact) mass is 516 g/mol. The van der Waals surface area contributed by atoms with Crippen molar-refractivity contribution in [1.82, 2.24) is 0 Å². The molecule has 6 rings (SSSR count). The molecule has 1 heterocycles. The zero-order valence-corrected chi connectivity index (χ0v) is 22.6. The molecule has 0 saturated heterocycles. The first-order valence-electron chi connectivity index (χ1n) is 14.2. The Kier molecular flexibility index (Phi) is 7.67. The molecule has 0 bridgehead atoms. The third-order valence-corrected chi connectivity index (χ3v) is 7.95. The van der Waals surface area contributed by atoms with Crippen LogP contribution in [0.1, 0.15) is 66.9 Å². The molecule has 1 aliphatic heterocycles. The molecule has 3 heteroatoms. The summed E-state index contributed by atoms with van der Waals surface area (Å²) in [6.45, 7) is 3.38. The second kappa shape index (κ2) is 11.8. The van der Waals surface area contributed by atoms with E-state index in [1.165, 1.54) is 28.7 Å². The van der Waals surface area contributed by atoms with Crippen molar-refractivity contribution in [2.24, 2.45) is 5.92 Å². The van der Waals surface area contributed by atoms with Crippen LogP contribution in [0.2, 0.25) is 0 Å². The first kappa shape index (κ1) is 25.3. The van der Waals surface area contributed by atoms with Crippen LogP contribution >= 0.6 is 0 Å². The summed E-state index contributed by atoms with van der Waals surface area (Å²) in [4.78, 5) is 0. The van der Waals surface area contributed by atoms with Gasteiger partial charge in [-0.25, -0.2) is 0 Å². The van der Waals surface area contributed by atoms with Gasteiger partial charge in [0.1, 0.15) is 36.6 Å². The van der Waals surface area contributed by atoms with E-state index in [-0.39, 0.29) is 6.10 Å². The van der Waals surface area contributed by atoms with Gasteiger partial charge in [-0.15, -0.1) is 0 Å². The molecule has 1 saturated carbocycles. The summed E-state index contributed by atoms with van der Waals surface area (Å²) in [6.07, 6.45) is 6.98. The first-order chi connectivity index (χ1) is 19.3. The zero-order valence-electron chi connectivity index (χ0n) is 22.6. The normalized spacial score (nSPS) is 20.6. The lowest BCUT2D eigenvalue weighted by Crippen LogP contribution is -2.26. The van der Waals surface area contributed by atoms with Gasteiger partial charge in [0.15, 0.2) is 0 Å². The molecule has 4 aromatic rings.